The van der Waals surface area contributed by atoms with E-state index in [1.54, 1.807) is 0 Å². The number of ether oxygens (including phenoxy) is 1. The number of fused-ring (bicyclic) bond motifs is 3. The Labute approximate surface area is 126 Å². The molecule has 21 heavy (non-hydrogen) atoms. The minimum atomic E-state index is 0.716. The van der Waals surface area contributed by atoms with Gasteiger partial charge in [-0.1, -0.05) is 0 Å². The molecule has 0 N–H and O–H groups in total. The summed E-state index contributed by atoms with van der Waals surface area (Å²) in [6, 6.07) is 4.39. The molecule has 2 aromatic rings. The van der Waals surface area contributed by atoms with Crippen molar-refractivity contribution >= 4 is 17.1 Å². The summed E-state index contributed by atoms with van der Waals surface area (Å²) in [6.07, 6.45) is 3.47. The third kappa shape index (κ3) is 2.25. The van der Waals surface area contributed by atoms with Gasteiger partial charge in [0.1, 0.15) is 24.5 Å². The van der Waals surface area contributed by atoms with E-state index in [4.69, 9.17) is 4.74 Å². The van der Waals surface area contributed by atoms with Gasteiger partial charge in [0, 0.05) is 24.4 Å². The SMILES string of the molecule is CCOc1cc(C)c2c3c(n(CC)c2c1)C=[N+](CC)CC3. The van der Waals surface area contributed by atoms with Crippen molar-refractivity contribution in [1.29, 1.82) is 0 Å². The van der Waals surface area contributed by atoms with Gasteiger partial charge >= 0.3 is 0 Å². The van der Waals surface area contributed by atoms with E-state index < -0.39 is 0 Å². The molecule has 1 aromatic carbocycles. The number of hydrogen-bond acceptors (Lipinski definition) is 1. The summed E-state index contributed by atoms with van der Waals surface area (Å²) < 4.78 is 10.6. The summed E-state index contributed by atoms with van der Waals surface area (Å²) in [4.78, 5) is 0. The van der Waals surface area contributed by atoms with E-state index in [0.717, 1.165) is 31.8 Å². The third-order valence-corrected chi connectivity index (χ3v) is 4.47. The highest BCUT2D eigenvalue weighted by Crippen LogP contribution is 2.33. The molecule has 0 unspecified atom stereocenters. The highest BCUT2D eigenvalue weighted by atomic mass is 16.5. The summed E-state index contributed by atoms with van der Waals surface area (Å²) in [5, 5.41) is 1.43. The van der Waals surface area contributed by atoms with Crippen LogP contribution in [0.15, 0.2) is 12.1 Å². The van der Waals surface area contributed by atoms with Gasteiger partial charge in [-0.05, 0) is 44.9 Å². The minimum absolute atomic E-state index is 0.716. The lowest BCUT2D eigenvalue weighted by Crippen LogP contribution is -2.23. The quantitative estimate of drug-likeness (QED) is 0.787. The van der Waals surface area contributed by atoms with Crippen molar-refractivity contribution in [1.82, 2.24) is 4.57 Å². The molecule has 3 nitrogen and oxygen atoms in total. The molecule has 1 aliphatic heterocycles. The van der Waals surface area contributed by atoms with Crippen LogP contribution in [0.1, 0.15) is 37.6 Å². The molecule has 0 spiro atoms. The van der Waals surface area contributed by atoms with Crippen LogP contribution in [0.5, 0.6) is 5.75 Å². The Morgan fingerprint density at radius 3 is 2.71 bits per heavy atom. The summed E-state index contributed by atoms with van der Waals surface area (Å²) in [7, 11) is 0. The molecule has 3 rings (SSSR count). The second kappa shape index (κ2) is 5.55. The Morgan fingerprint density at radius 2 is 2.05 bits per heavy atom. The second-order valence-electron chi connectivity index (χ2n) is 5.68. The Hall–Kier alpha value is -1.77. The van der Waals surface area contributed by atoms with Crippen molar-refractivity contribution in [3.05, 3.63) is 29.0 Å². The van der Waals surface area contributed by atoms with Crippen molar-refractivity contribution in [3.63, 3.8) is 0 Å². The number of aryl methyl sites for hydroxylation is 2. The molecule has 1 aromatic heterocycles. The number of rotatable bonds is 4. The van der Waals surface area contributed by atoms with E-state index in [2.05, 4.69) is 48.3 Å². The first-order chi connectivity index (χ1) is 10.2. The standard InChI is InChI=1S/C18H25N2O/c1-5-19-9-8-15-17(12-19)20(6-2)16-11-14(21-7-3)10-13(4)18(15)16/h10-12H,5-9H2,1-4H3/q+1. The van der Waals surface area contributed by atoms with Crippen LogP contribution in [0.2, 0.25) is 0 Å². The van der Waals surface area contributed by atoms with Gasteiger partial charge in [-0.25, -0.2) is 4.58 Å². The molecule has 0 aliphatic carbocycles. The largest absolute Gasteiger partial charge is 0.494 e. The number of benzene rings is 1. The van der Waals surface area contributed by atoms with Gasteiger partial charge in [0.2, 0.25) is 0 Å². The Bertz CT molecular complexity index is 710. The summed E-state index contributed by atoms with van der Waals surface area (Å²) in [5.74, 6) is 0.986. The molecule has 0 atom stereocenters. The molecule has 3 heteroatoms. The zero-order chi connectivity index (χ0) is 15.0. The van der Waals surface area contributed by atoms with E-state index in [9.17, 15) is 0 Å². The Morgan fingerprint density at radius 1 is 1.24 bits per heavy atom. The molecule has 0 bridgehead atoms. The molecule has 2 heterocycles. The molecule has 0 saturated heterocycles. The molecule has 0 amide bonds. The van der Waals surface area contributed by atoms with Gasteiger partial charge in [0.05, 0.1) is 12.1 Å². The summed E-state index contributed by atoms with van der Waals surface area (Å²) in [6.45, 7) is 12.6. The lowest BCUT2D eigenvalue weighted by molar-refractivity contribution is -0.520. The van der Waals surface area contributed by atoms with Crippen molar-refractivity contribution in [2.45, 2.75) is 40.7 Å². The average molecular weight is 285 g/mol. The van der Waals surface area contributed by atoms with Crippen molar-refractivity contribution in [2.24, 2.45) is 0 Å². The lowest BCUT2D eigenvalue weighted by Gasteiger charge is -2.10. The maximum absolute atomic E-state index is 5.73. The number of likely N-dealkylation sites (N-methyl/N-ethyl adjacent to an activating group) is 1. The zero-order valence-corrected chi connectivity index (χ0v) is 13.6. The van der Waals surface area contributed by atoms with Crippen LogP contribution in [0, 0.1) is 6.92 Å². The van der Waals surface area contributed by atoms with Crippen LogP contribution in [-0.2, 0) is 13.0 Å². The maximum Gasteiger partial charge on any atom is 0.187 e. The molecule has 1 aliphatic rings. The molecule has 0 radical (unpaired) electrons. The van der Waals surface area contributed by atoms with Crippen molar-refractivity contribution in [3.8, 4) is 5.75 Å². The number of hydrogen-bond donors (Lipinski definition) is 0. The van der Waals surface area contributed by atoms with Crippen molar-refractivity contribution in [2.75, 3.05) is 19.7 Å². The monoisotopic (exact) mass is 285 g/mol. The first kappa shape index (κ1) is 14.2. The van der Waals surface area contributed by atoms with Gasteiger partial charge < -0.3 is 9.30 Å². The van der Waals surface area contributed by atoms with E-state index in [0.29, 0.717) is 6.61 Å². The Kier molecular flexibility index (Phi) is 3.75. The minimum Gasteiger partial charge on any atom is -0.494 e. The van der Waals surface area contributed by atoms with E-state index in [1.807, 2.05) is 6.92 Å². The summed E-state index contributed by atoms with van der Waals surface area (Å²) >= 11 is 0. The van der Waals surface area contributed by atoms with Crippen molar-refractivity contribution < 1.29 is 9.31 Å². The fourth-order valence-electron chi connectivity index (χ4n) is 3.50. The van der Waals surface area contributed by atoms with E-state index in [1.165, 1.54) is 27.7 Å². The van der Waals surface area contributed by atoms with E-state index >= 15 is 0 Å². The topological polar surface area (TPSA) is 17.2 Å². The van der Waals surface area contributed by atoms with Gasteiger partial charge in [0.15, 0.2) is 6.21 Å². The van der Waals surface area contributed by atoms with Gasteiger partial charge in [-0.15, -0.1) is 0 Å². The fraction of sp³-hybridized carbons (Fsp3) is 0.500. The van der Waals surface area contributed by atoms with Crippen LogP contribution in [-0.4, -0.2) is 35.1 Å². The van der Waals surface area contributed by atoms with E-state index in [-0.39, 0.29) is 0 Å². The first-order valence-corrected chi connectivity index (χ1v) is 8.07. The second-order valence-corrected chi connectivity index (χ2v) is 5.68. The highest BCUT2D eigenvalue weighted by molar-refractivity contribution is 5.96. The average Bonchev–Trinajstić information content (AvgIpc) is 2.80. The van der Waals surface area contributed by atoms with Gasteiger partial charge in [-0.2, -0.15) is 0 Å². The van der Waals surface area contributed by atoms with Gasteiger partial charge in [0.25, 0.3) is 0 Å². The molecule has 112 valence electrons. The molecule has 0 fully saturated rings. The Balaban J connectivity index is 2.29. The van der Waals surface area contributed by atoms with Gasteiger partial charge in [-0.3, -0.25) is 0 Å². The third-order valence-electron chi connectivity index (χ3n) is 4.47. The smallest absolute Gasteiger partial charge is 0.187 e. The van der Waals surface area contributed by atoms with Crippen LogP contribution in [0.25, 0.3) is 10.9 Å². The predicted molar refractivity (Wildman–Crippen MR) is 88.1 cm³/mol. The number of nitrogens with zero attached hydrogens (tertiary/aromatic N) is 2. The first-order valence-electron chi connectivity index (χ1n) is 8.07. The van der Waals surface area contributed by atoms with Crippen LogP contribution in [0.4, 0.5) is 0 Å². The predicted octanol–water partition coefficient (Wildman–Crippen LogP) is 3.38. The van der Waals surface area contributed by atoms with Crippen LogP contribution < -0.4 is 4.74 Å². The number of aromatic nitrogens is 1. The fourth-order valence-corrected chi connectivity index (χ4v) is 3.50. The summed E-state index contributed by atoms with van der Waals surface area (Å²) in [5.41, 5.74) is 5.55. The highest BCUT2D eigenvalue weighted by Gasteiger charge is 2.24. The van der Waals surface area contributed by atoms with Crippen LogP contribution in [0.3, 0.4) is 0 Å². The normalized spacial score (nSPS) is 14.2. The lowest BCUT2D eigenvalue weighted by atomic mass is 10.0. The molecule has 0 saturated carbocycles. The van der Waals surface area contributed by atoms with Crippen LogP contribution >= 0.6 is 0 Å². The molecular formula is C18H25N2O+. The maximum atomic E-state index is 5.73. The zero-order valence-electron chi connectivity index (χ0n) is 13.6. The molecular weight excluding hydrogens is 260 g/mol.